The van der Waals surface area contributed by atoms with Crippen LogP contribution in [0.15, 0.2) is 36.7 Å². The second-order valence-corrected chi connectivity index (χ2v) is 4.02. The molecule has 2 heterocycles. The fourth-order valence-corrected chi connectivity index (χ4v) is 2.06. The van der Waals surface area contributed by atoms with Crippen molar-refractivity contribution in [3.05, 3.63) is 36.7 Å². The number of aromatic amines is 1. The average molecular weight is 292 g/mol. The monoisotopic (exact) mass is 291 g/mol. The molecule has 0 saturated carbocycles. The number of H-pyrrole nitrogens is 1. The Bertz CT molecular complexity index is 672. The highest BCUT2D eigenvalue weighted by molar-refractivity contribution is 5.85. The number of fused-ring (bicyclic) bond motifs is 1. The third-order valence-electron chi connectivity index (χ3n) is 2.95. The molecule has 1 N–H and O–H groups in total. The first-order chi connectivity index (χ1) is 9.33. The standard InChI is InChI=1S/C14H13N3O2.ClH/c1-18-11-4-3-5-12(19-2)13(11)14-16-9-6-7-15-8-10(9)17-14;/h3-8H,1-2H3,(H,16,17);1H. The van der Waals surface area contributed by atoms with Crippen LogP contribution >= 0.6 is 12.4 Å². The zero-order valence-electron chi connectivity index (χ0n) is 11.1. The number of pyridine rings is 1. The molecule has 0 fully saturated rings. The highest BCUT2D eigenvalue weighted by Crippen LogP contribution is 2.37. The van der Waals surface area contributed by atoms with Gasteiger partial charge in [-0.2, -0.15) is 0 Å². The van der Waals surface area contributed by atoms with E-state index in [9.17, 15) is 0 Å². The number of benzene rings is 1. The second kappa shape index (κ2) is 5.79. The number of ether oxygens (including phenoxy) is 2. The molecule has 5 nitrogen and oxygen atoms in total. The second-order valence-electron chi connectivity index (χ2n) is 4.02. The van der Waals surface area contributed by atoms with Gasteiger partial charge in [-0.1, -0.05) is 6.07 Å². The lowest BCUT2D eigenvalue weighted by molar-refractivity contribution is 0.397. The van der Waals surface area contributed by atoms with Crippen LogP contribution < -0.4 is 9.47 Å². The maximum Gasteiger partial charge on any atom is 0.146 e. The molecule has 0 saturated heterocycles. The molecule has 3 rings (SSSR count). The van der Waals surface area contributed by atoms with Crippen LogP contribution in [0.25, 0.3) is 22.4 Å². The van der Waals surface area contributed by atoms with Crippen LogP contribution in [0.1, 0.15) is 0 Å². The van der Waals surface area contributed by atoms with Crippen molar-refractivity contribution in [3.63, 3.8) is 0 Å². The van der Waals surface area contributed by atoms with E-state index in [1.54, 1.807) is 26.6 Å². The van der Waals surface area contributed by atoms with Crippen LogP contribution in [-0.2, 0) is 0 Å². The number of rotatable bonds is 3. The Morgan fingerprint density at radius 3 is 2.35 bits per heavy atom. The zero-order chi connectivity index (χ0) is 13.2. The molecule has 0 bridgehead atoms. The maximum atomic E-state index is 5.38. The summed E-state index contributed by atoms with van der Waals surface area (Å²) >= 11 is 0. The fraction of sp³-hybridized carbons (Fsp3) is 0.143. The van der Waals surface area contributed by atoms with Crippen LogP contribution in [0.2, 0.25) is 0 Å². The number of nitrogens with zero attached hydrogens (tertiary/aromatic N) is 2. The van der Waals surface area contributed by atoms with Crippen molar-refractivity contribution >= 4 is 23.4 Å². The number of nitrogens with one attached hydrogen (secondary N) is 1. The first-order valence-electron chi connectivity index (χ1n) is 5.84. The number of halogens is 1. The maximum absolute atomic E-state index is 5.38. The van der Waals surface area contributed by atoms with Crippen molar-refractivity contribution < 1.29 is 9.47 Å². The topological polar surface area (TPSA) is 60.0 Å². The summed E-state index contributed by atoms with van der Waals surface area (Å²) in [6.45, 7) is 0. The molecule has 6 heteroatoms. The van der Waals surface area contributed by atoms with E-state index < -0.39 is 0 Å². The molecule has 0 atom stereocenters. The van der Waals surface area contributed by atoms with Crippen LogP contribution in [0.4, 0.5) is 0 Å². The summed E-state index contributed by atoms with van der Waals surface area (Å²) in [5.41, 5.74) is 2.55. The van der Waals surface area contributed by atoms with Crippen LogP contribution in [0.3, 0.4) is 0 Å². The van der Waals surface area contributed by atoms with Gasteiger partial charge in [-0.25, -0.2) is 4.98 Å². The molecule has 0 aliphatic heterocycles. The van der Waals surface area contributed by atoms with Gasteiger partial charge in [-0.05, 0) is 18.2 Å². The Morgan fingerprint density at radius 2 is 1.75 bits per heavy atom. The van der Waals surface area contributed by atoms with Gasteiger partial charge in [0.05, 0.1) is 31.4 Å². The van der Waals surface area contributed by atoms with E-state index in [0.29, 0.717) is 17.3 Å². The van der Waals surface area contributed by atoms with Crippen molar-refractivity contribution in [2.45, 2.75) is 0 Å². The molecule has 0 aliphatic rings. The summed E-state index contributed by atoms with van der Waals surface area (Å²) in [4.78, 5) is 11.8. The van der Waals surface area contributed by atoms with Gasteiger partial charge in [-0.15, -0.1) is 12.4 Å². The van der Waals surface area contributed by atoms with Crippen LogP contribution in [-0.4, -0.2) is 29.2 Å². The third-order valence-corrected chi connectivity index (χ3v) is 2.95. The lowest BCUT2D eigenvalue weighted by Crippen LogP contribution is -1.93. The van der Waals surface area contributed by atoms with Crippen molar-refractivity contribution in [2.24, 2.45) is 0 Å². The van der Waals surface area contributed by atoms with E-state index in [1.165, 1.54) is 0 Å². The third kappa shape index (κ3) is 2.28. The Morgan fingerprint density at radius 1 is 1.05 bits per heavy atom. The highest BCUT2D eigenvalue weighted by Gasteiger charge is 2.15. The molecule has 2 aromatic heterocycles. The number of hydrogen-bond donors (Lipinski definition) is 1. The molecule has 0 radical (unpaired) electrons. The SMILES string of the molecule is COc1cccc(OC)c1-c1nc2ccncc2[nH]1.Cl. The van der Waals surface area contributed by atoms with E-state index in [2.05, 4.69) is 15.0 Å². The van der Waals surface area contributed by atoms with Gasteiger partial charge in [0.2, 0.25) is 0 Å². The average Bonchev–Trinajstić information content (AvgIpc) is 2.89. The Balaban J connectivity index is 0.00000147. The fourth-order valence-electron chi connectivity index (χ4n) is 2.06. The molecule has 0 unspecified atom stereocenters. The number of hydrogen-bond acceptors (Lipinski definition) is 4. The van der Waals surface area contributed by atoms with Gasteiger partial charge in [0.25, 0.3) is 0 Å². The predicted octanol–water partition coefficient (Wildman–Crippen LogP) is 3.06. The van der Waals surface area contributed by atoms with Crippen LogP contribution in [0.5, 0.6) is 11.5 Å². The van der Waals surface area contributed by atoms with Gasteiger partial charge < -0.3 is 14.5 Å². The molecular weight excluding hydrogens is 278 g/mol. The molecule has 1 aromatic carbocycles. The lowest BCUT2D eigenvalue weighted by Gasteiger charge is -2.10. The molecule has 0 spiro atoms. The molecule has 3 aromatic rings. The van der Waals surface area contributed by atoms with E-state index >= 15 is 0 Å². The molecule has 0 amide bonds. The summed E-state index contributed by atoms with van der Waals surface area (Å²) in [7, 11) is 3.25. The first-order valence-corrected chi connectivity index (χ1v) is 5.84. The molecule has 20 heavy (non-hydrogen) atoms. The smallest absolute Gasteiger partial charge is 0.146 e. The van der Waals surface area contributed by atoms with Crippen molar-refractivity contribution in [1.82, 2.24) is 15.0 Å². The number of aromatic nitrogens is 3. The van der Waals surface area contributed by atoms with Gasteiger partial charge in [-0.3, -0.25) is 4.98 Å². The van der Waals surface area contributed by atoms with Gasteiger partial charge in [0, 0.05) is 6.20 Å². The van der Waals surface area contributed by atoms with Crippen molar-refractivity contribution in [2.75, 3.05) is 14.2 Å². The zero-order valence-corrected chi connectivity index (χ0v) is 11.9. The number of methoxy groups -OCH3 is 2. The summed E-state index contributed by atoms with van der Waals surface area (Å²) in [5, 5.41) is 0. The van der Waals surface area contributed by atoms with Gasteiger partial charge >= 0.3 is 0 Å². The lowest BCUT2D eigenvalue weighted by atomic mass is 10.1. The summed E-state index contributed by atoms with van der Waals surface area (Å²) in [5.74, 6) is 2.13. The minimum absolute atomic E-state index is 0. The normalized spacial score (nSPS) is 10.1. The highest BCUT2D eigenvalue weighted by atomic mass is 35.5. The van der Waals surface area contributed by atoms with E-state index in [0.717, 1.165) is 16.6 Å². The predicted molar refractivity (Wildman–Crippen MR) is 79.7 cm³/mol. The first kappa shape index (κ1) is 14.1. The van der Waals surface area contributed by atoms with E-state index in [-0.39, 0.29) is 12.4 Å². The van der Waals surface area contributed by atoms with Crippen molar-refractivity contribution in [3.8, 4) is 22.9 Å². The summed E-state index contributed by atoms with van der Waals surface area (Å²) in [6, 6.07) is 7.50. The summed E-state index contributed by atoms with van der Waals surface area (Å²) in [6.07, 6.45) is 3.46. The Kier molecular flexibility index (Phi) is 4.10. The van der Waals surface area contributed by atoms with E-state index in [4.69, 9.17) is 9.47 Å². The minimum Gasteiger partial charge on any atom is -0.496 e. The largest absolute Gasteiger partial charge is 0.496 e. The summed E-state index contributed by atoms with van der Waals surface area (Å²) < 4.78 is 10.8. The molecule has 0 aliphatic carbocycles. The van der Waals surface area contributed by atoms with Crippen molar-refractivity contribution in [1.29, 1.82) is 0 Å². The Labute approximate surface area is 122 Å². The molecule has 104 valence electrons. The quantitative estimate of drug-likeness (QED) is 0.805. The molecular formula is C14H14ClN3O2. The minimum atomic E-state index is 0. The van der Waals surface area contributed by atoms with E-state index in [1.807, 2.05) is 24.3 Å². The van der Waals surface area contributed by atoms with Gasteiger partial charge in [0.1, 0.15) is 22.9 Å². The Hall–Kier alpha value is -2.27. The van der Waals surface area contributed by atoms with Gasteiger partial charge in [0.15, 0.2) is 0 Å². The van der Waals surface area contributed by atoms with Crippen LogP contribution in [0, 0.1) is 0 Å². The number of imidazole rings is 1.